The topological polar surface area (TPSA) is 70.2 Å². The van der Waals surface area contributed by atoms with Crippen molar-refractivity contribution >= 4 is 20.9 Å². The number of sulfonamides is 1. The molecule has 6 heteroatoms. The van der Waals surface area contributed by atoms with Crippen LogP contribution >= 0.6 is 0 Å². The predicted octanol–water partition coefficient (Wildman–Crippen LogP) is 4.84. The zero-order chi connectivity index (χ0) is 22.9. The predicted molar refractivity (Wildman–Crippen MR) is 128 cm³/mol. The van der Waals surface area contributed by atoms with Crippen LogP contribution in [0.3, 0.4) is 0 Å². The van der Waals surface area contributed by atoms with Gasteiger partial charge in [0.15, 0.2) is 0 Å². The number of aryl methyl sites for hydroxylation is 3. The number of nitrogens with zero attached hydrogens (tertiary/aromatic N) is 1. The molecule has 0 aliphatic heterocycles. The van der Waals surface area contributed by atoms with Gasteiger partial charge < -0.3 is 4.98 Å². The normalized spacial score (nSPS) is 11.9. The molecule has 5 nitrogen and oxygen atoms in total. The summed E-state index contributed by atoms with van der Waals surface area (Å²) in [4.78, 5) is 16.0. The highest BCUT2D eigenvalue weighted by Gasteiger charge is 2.26. The molecular weight excluding hydrogens is 420 g/mol. The SMILES string of the molecule is Cc1ccc(CN(Cc2cc3cc(C)c(C)cc3[nH]c2=O)S(=O)(=O)c2ccccc2)cc1. The molecule has 0 atom stereocenters. The van der Waals surface area contributed by atoms with Gasteiger partial charge in [-0.3, -0.25) is 4.79 Å². The maximum Gasteiger partial charge on any atom is 0.252 e. The summed E-state index contributed by atoms with van der Waals surface area (Å²) in [6.07, 6.45) is 0. The average Bonchev–Trinajstić information content (AvgIpc) is 2.77. The molecule has 1 N–H and O–H groups in total. The van der Waals surface area contributed by atoms with Crippen LogP contribution in [0.2, 0.25) is 0 Å². The number of nitrogens with one attached hydrogen (secondary N) is 1. The van der Waals surface area contributed by atoms with E-state index in [4.69, 9.17) is 0 Å². The Bertz CT molecular complexity index is 1420. The molecule has 32 heavy (non-hydrogen) atoms. The molecule has 1 aromatic heterocycles. The lowest BCUT2D eigenvalue weighted by molar-refractivity contribution is 0.400. The van der Waals surface area contributed by atoms with Gasteiger partial charge in [-0.1, -0.05) is 48.0 Å². The molecule has 0 amide bonds. The molecule has 0 saturated heterocycles. The van der Waals surface area contributed by atoms with Crippen molar-refractivity contribution in [2.45, 2.75) is 38.8 Å². The first-order valence-corrected chi connectivity index (χ1v) is 11.9. The molecule has 0 aliphatic carbocycles. The summed E-state index contributed by atoms with van der Waals surface area (Å²) < 4.78 is 28.4. The third-order valence-corrected chi connectivity index (χ3v) is 7.55. The second kappa shape index (κ2) is 8.73. The number of pyridine rings is 1. The van der Waals surface area contributed by atoms with Crippen molar-refractivity contribution in [2.24, 2.45) is 0 Å². The Hall–Kier alpha value is -3.22. The highest BCUT2D eigenvalue weighted by Crippen LogP contribution is 2.22. The van der Waals surface area contributed by atoms with Crippen molar-refractivity contribution in [1.29, 1.82) is 0 Å². The van der Waals surface area contributed by atoms with E-state index >= 15 is 0 Å². The highest BCUT2D eigenvalue weighted by molar-refractivity contribution is 7.89. The van der Waals surface area contributed by atoms with Crippen molar-refractivity contribution in [1.82, 2.24) is 9.29 Å². The third-order valence-electron chi connectivity index (χ3n) is 5.74. The minimum absolute atomic E-state index is 0.0245. The lowest BCUT2D eigenvalue weighted by Gasteiger charge is -2.22. The molecule has 4 aromatic rings. The molecule has 4 rings (SSSR count). The smallest absolute Gasteiger partial charge is 0.252 e. The third kappa shape index (κ3) is 4.52. The number of benzene rings is 3. The molecule has 0 spiro atoms. The molecule has 0 saturated carbocycles. The first-order chi connectivity index (χ1) is 15.2. The zero-order valence-corrected chi connectivity index (χ0v) is 19.2. The Labute approximate surface area is 188 Å². The van der Waals surface area contributed by atoms with Gasteiger partial charge in [-0.15, -0.1) is 0 Å². The monoisotopic (exact) mass is 446 g/mol. The van der Waals surface area contributed by atoms with Crippen molar-refractivity contribution in [3.05, 3.63) is 111 Å². The van der Waals surface area contributed by atoms with E-state index in [2.05, 4.69) is 4.98 Å². The van der Waals surface area contributed by atoms with E-state index in [0.717, 1.165) is 33.2 Å². The summed E-state index contributed by atoms with van der Waals surface area (Å²) in [5, 5.41) is 0.884. The molecule has 3 aromatic carbocycles. The molecule has 0 aliphatic rings. The Kier molecular flexibility index (Phi) is 6.00. The summed E-state index contributed by atoms with van der Waals surface area (Å²) in [7, 11) is -3.81. The Morgan fingerprint density at radius 1 is 0.812 bits per heavy atom. The molecular formula is C26H26N2O3S. The number of hydrogen-bond acceptors (Lipinski definition) is 3. The Morgan fingerprint density at radius 2 is 1.47 bits per heavy atom. The van der Waals surface area contributed by atoms with Gasteiger partial charge >= 0.3 is 0 Å². The Balaban J connectivity index is 1.78. The number of fused-ring (bicyclic) bond motifs is 1. The quantitative estimate of drug-likeness (QED) is 0.461. The molecule has 0 radical (unpaired) electrons. The van der Waals surface area contributed by atoms with Crippen LogP contribution in [0, 0.1) is 20.8 Å². The van der Waals surface area contributed by atoms with Gasteiger partial charge in [0.2, 0.25) is 10.0 Å². The molecule has 0 fully saturated rings. The first kappa shape index (κ1) is 22.0. The van der Waals surface area contributed by atoms with Crippen LogP contribution in [-0.4, -0.2) is 17.7 Å². The first-order valence-electron chi connectivity index (χ1n) is 10.5. The van der Waals surface area contributed by atoms with E-state index in [0.29, 0.717) is 5.56 Å². The minimum Gasteiger partial charge on any atom is -0.322 e. The fourth-order valence-corrected chi connectivity index (χ4v) is 5.12. The van der Waals surface area contributed by atoms with Crippen molar-refractivity contribution in [3.63, 3.8) is 0 Å². The van der Waals surface area contributed by atoms with E-state index < -0.39 is 10.0 Å². The van der Waals surface area contributed by atoms with Crippen LogP contribution in [-0.2, 0) is 23.1 Å². The van der Waals surface area contributed by atoms with Gasteiger partial charge in [0, 0.05) is 24.2 Å². The fraction of sp³-hybridized carbons (Fsp3) is 0.192. The average molecular weight is 447 g/mol. The largest absolute Gasteiger partial charge is 0.322 e. The number of hydrogen-bond donors (Lipinski definition) is 1. The zero-order valence-electron chi connectivity index (χ0n) is 18.4. The maximum absolute atomic E-state index is 13.5. The molecule has 0 unspecified atom stereocenters. The van der Waals surface area contributed by atoms with Gasteiger partial charge in [0.25, 0.3) is 5.56 Å². The summed E-state index contributed by atoms with van der Waals surface area (Å²) in [5.74, 6) is 0. The van der Waals surface area contributed by atoms with Gasteiger partial charge in [0.1, 0.15) is 0 Å². The number of aromatic nitrogens is 1. The van der Waals surface area contributed by atoms with Crippen LogP contribution in [0.15, 0.2) is 82.5 Å². The van der Waals surface area contributed by atoms with E-state index in [9.17, 15) is 13.2 Å². The molecule has 0 bridgehead atoms. The van der Waals surface area contributed by atoms with E-state index in [1.54, 1.807) is 36.4 Å². The Morgan fingerprint density at radius 3 is 2.16 bits per heavy atom. The van der Waals surface area contributed by atoms with Crippen LogP contribution in [0.5, 0.6) is 0 Å². The number of aromatic amines is 1. The fourth-order valence-electron chi connectivity index (χ4n) is 3.69. The molecule has 164 valence electrons. The van der Waals surface area contributed by atoms with Gasteiger partial charge in [-0.25, -0.2) is 8.42 Å². The van der Waals surface area contributed by atoms with Gasteiger partial charge in [0.05, 0.1) is 4.90 Å². The summed E-state index contributed by atoms with van der Waals surface area (Å²) in [5.41, 5.74) is 5.04. The number of H-pyrrole nitrogens is 1. The van der Waals surface area contributed by atoms with Crippen LogP contribution < -0.4 is 5.56 Å². The van der Waals surface area contributed by atoms with Crippen molar-refractivity contribution in [3.8, 4) is 0 Å². The molecule has 1 heterocycles. The van der Waals surface area contributed by atoms with E-state index in [1.165, 1.54) is 4.31 Å². The number of rotatable bonds is 6. The standard InChI is InChI=1S/C26H26N2O3S/c1-18-9-11-21(12-10-18)16-28(32(30,31)24-7-5-4-6-8-24)17-23-15-22-13-19(2)20(3)14-25(22)27-26(23)29/h4-15H,16-17H2,1-3H3,(H,27,29). The van der Waals surface area contributed by atoms with Crippen molar-refractivity contribution < 1.29 is 8.42 Å². The van der Waals surface area contributed by atoms with E-state index in [1.807, 2.05) is 57.2 Å². The summed E-state index contributed by atoms with van der Waals surface area (Å²) in [6, 6.07) is 21.8. The van der Waals surface area contributed by atoms with Crippen LogP contribution in [0.4, 0.5) is 0 Å². The van der Waals surface area contributed by atoms with Gasteiger partial charge in [-0.2, -0.15) is 4.31 Å². The lowest BCUT2D eigenvalue weighted by atomic mass is 10.0. The second-order valence-corrected chi connectivity index (χ2v) is 10.2. The highest BCUT2D eigenvalue weighted by atomic mass is 32.2. The van der Waals surface area contributed by atoms with Crippen LogP contribution in [0.1, 0.15) is 27.8 Å². The van der Waals surface area contributed by atoms with Crippen LogP contribution in [0.25, 0.3) is 10.9 Å². The maximum atomic E-state index is 13.5. The lowest BCUT2D eigenvalue weighted by Crippen LogP contribution is -2.32. The second-order valence-electron chi connectivity index (χ2n) is 8.22. The van der Waals surface area contributed by atoms with E-state index in [-0.39, 0.29) is 23.5 Å². The minimum atomic E-state index is -3.81. The van der Waals surface area contributed by atoms with Crippen molar-refractivity contribution in [2.75, 3.05) is 0 Å². The summed E-state index contributed by atoms with van der Waals surface area (Å²) >= 11 is 0. The summed E-state index contributed by atoms with van der Waals surface area (Å²) in [6.45, 7) is 6.14. The van der Waals surface area contributed by atoms with Gasteiger partial charge in [-0.05, 0) is 73.2 Å².